The predicted molar refractivity (Wildman–Crippen MR) is 125 cm³/mol. The van der Waals surface area contributed by atoms with E-state index in [1.165, 1.54) is 4.90 Å². The number of aliphatic imine (C=N–C) groups is 1. The number of guanidine groups is 1. The molecule has 8 nitrogen and oxygen atoms in total. The quantitative estimate of drug-likeness (QED) is 0.261. The number of amides is 2. The van der Waals surface area contributed by atoms with Gasteiger partial charge in [-0.2, -0.15) is 0 Å². The zero-order valence-electron chi connectivity index (χ0n) is 17.7. The van der Waals surface area contributed by atoms with Gasteiger partial charge in [0.15, 0.2) is 5.96 Å². The van der Waals surface area contributed by atoms with Crippen molar-refractivity contribution in [1.82, 2.24) is 20.5 Å². The molecule has 0 bridgehead atoms. The van der Waals surface area contributed by atoms with E-state index in [-0.39, 0.29) is 47.8 Å². The molecule has 0 fully saturated rings. The minimum absolute atomic E-state index is 0. The van der Waals surface area contributed by atoms with Gasteiger partial charge in [0.2, 0.25) is 5.89 Å². The molecule has 0 atom stereocenters. The van der Waals surface area contributed by atoms with Gasteiger partial charge in [-0.3, -0.25) is 14.5 Å². The Kier molecular flexibility index (Phi) is 7.99. The van der Waals surface area contributed by atoms with Crippen LogP contribution in [-0.2, 0) is 12.0 Å². The lowest BCUT2D eigenvalue weighted by Gasteiger charge is -2.16. The summed E-state index contributed by atoms with van der Waals surface area (Å²) in [6.45, 7) is 9.75. The average Bonchev–Trinajstić information content (AvgIpc) is 3.26. The number of oxazole rings is 1. The lowest BCUT2D eigenvalue weighted by Crippen LogP contribution is -2.43. The summed E-state index contributed by atoms with van der Waals surface area (Å²) in [5, 5.41) is 6.28. The summed E-state index contributed by atoms with van der Waals surface area (Å²) in [6, 6.07) is 6.87. The first-order valence-electron chi connectivity index (χ1n) is 9.74. The molecular formula is C21H28IN5O3. The topological polar surface area (TPSA) is 99.8 Å². The highest BCUT2D eigenvalue weighted by Crippen LogP contribution is 2.23. The van der Waals surface area contributed by atoms with E-state index in [0.717, 1.165) is 5.76 Å². The van der Waals surface area contributed by atoms with Crippen molar-refractivity contribution in [2.45, 2.75) is 39.7 Å². The van der Waals surface area contributed by atoms with Crippen molar-refractivity contribution < 1.29 is 14.0 Å². The van der Waals surface area contributed by atoms with Crippen LogP contribution in [0.5, 0.6) is 0 Å². The van der Waals surface area contributed by atoms with Crippen molar-refractivity contribution in [3.05, 3.63) is 53.2 Å². The maximum Gasteiger partial charge on any atom is 0.261 e. The highest BCUT2D eigenvalue weighted by Gasteiger charge is 2.34. The fourth-order valence-electron chi connectivity index (χ4n) is 2.95. The lowest BCUT2D eigenvalue weighted by atomic mass is 9.94. The molecule has 1 aliphatic heterocycles. The minimum Gasteiger partial charge on any atom is -0.443 e. The first-order valence-corrected chi connectivity index (χ1v) is 9.74. The molecule has 1 aromatic heterocycles. The van der Waals surface area contributed by atoms with Crippen molar-refractivity contribution in [2.75, 3.05) is 19.6 Å². The number of hydrogen-bond acceptors (Lipinski definition) is 5. The van der Waals surface area contributed by atoms with Crippen molar-refractivity contribution in [3.8, 4) is 0 Å². The van der Waals surface area contributed by atoms with Crippen molar-refractivity contribution in [1.29, 1.82) is 0 Å². The van der Waals surface area contributed by atoms with Gasteiger partial charge in [-0.25, -0.2) is 9.98 Å². The monoisotopic (exact) mass is 525 g/mol. The molecule has 1 aliphatic rings. The summed E-state index contributed by atoms with van der Waals surface area (Å²) in [5.74, 6) is 1.39. The lowest BCUT2D eigenvalue weighted by molar-refractivity contribution is 0.0657. The summed E-state index contributed by atoms with van der Waals surface area (Å²) >= 11 is 0. The predicted octanol–water partition coefficient (Wildman–Crippen LogP) is 2.94. The van der Waals surface area contributed by atoms with Crippen LogP contribution >= 0.6 is 24.0 Å². The van der Waals surface area contributed by atoms with Crippen molar-refractivity contribution in [2.24, 2.45) is 4.99 Å². The van der Waals surface area contributed by atoms with Crippen LogP contribution in [0.15, 0.2) is 39.9 Å². The van der Waals surface area contributed by atoms with Gasteiger partial charge in [0.25, 0.3) is 11.8 Å². The molecule has 2 N–H and O–H groups in total. The summed E-state index contributed by atoms with van der Waals surface area (Å²) in [7, 11) is 0. The van der Waals surface area contributed by atoms with Gasteiger partial charge in [0, 0.05) is 25.0 Å². The van der Waals surface area contributed by atoms with Crippen LogP contribution in [0.3, 0.4) is 0 Å². The van der Waals surface area contributed by atoms with Gasteiger partial charge in [0.1, 0.15) is 12.3 Å². The third-order valence-corrected chi connectivity index (χ3v) is 4.52. The zero-order chi connectivity index (χ0) is 21.0. The number of rotatable bonds is 6. The number of nitrogens with zero attached hydrogens (tertiary/aromatic N) is 3. The number of carbonyl (C=O) groups is 2. The first kappa shape index (κ1) is 23.8. The van der Waals surface area contributed by atoms with Gasteiger partial charge in [0.05, 0.1) is 17.3 Å². The van der Waals surface area contributed by atoms with Crippen LogP contribution in [0.2, 0.25) is 0 Å². The third-order valence-electron chi connectivity index (χ3n) is 4.52. The van der Waals surface area contributed by atoms with Crippen LogP contribution in [0, 0.1) is 0 Å². The van der Waals surface area contributed by atoms with E-state index in [1.807, 2.05) is 6.92 Å². The molecule has 2 amide bonds. The number of fused-ring (bicyclic) bond motifs is 1. The molecule has 0 unspecified atom stereocenters. The number of hydrogen-bond donors (Lipinski definition) is 2. The smallest absolute Gasteiger partial charge is 0.261 e. The van der Waals surface area contributed by atoms with E-state index in [1.54, 1.807) is 30.5 Å². The number of nitrogens with one attached hydrogen (secondary N) is 2. The van der Waals surface area contributed by atoms with E-state index < -0.39 is 0 Å². The van der Waals surface area contributed by atoms with Gasteiger partial charge in [-0.1, -0.05) is 32.9 Å². The molecule has 162 valence electrons. The van der Waals surface area contributed by atoms with Crippen molar-refractivity contribution >= 4 is 41.8 Å². The third kappa shape index (κ3) is 5.38. The molecule has 0 radical (unpaired) electrons. The Hall–Kier alpha value is -2.43. The number of aromatic nitrogens is 1. The van der Waals surface area contributed by atoms with Gasteiger partial charge in [-0.05, 0) is 19.1 Å². The van der Waals surface area contributed by atoms with Gasteiger partial charge < -0.3 is 15.1 Å². The normalized spacial score (nSPS) is 13.9. The molecular weight excluding hydrogens is 497 g/mol. The second-order valence-corrected chi connectivity index (χ2v) is 7.80. The largest absolute Gasteiger partial charge is 0.443 e. The van der Waals surface area contributed by atoms with Crippen LogP contribution in [0.1, 0.15) is 60.1 Å². The second kappa shape index (κ2) is 10.1. The first-order chi connectivity index (χ1) is 13.8. The van der Waals surface area contributed by atoms with Crippen molar-refractivity contribution in [3.63, 3.8) is 0 Å². The average molecular weight is 525 g/mol. The Morgan fingerprint density at radius 3 is 2.30 bits per heavy atom. The molecule has 0 aliphatic carbocycles. The molecule has 1 aromatic carbocycles. The van der Waals surface area contributed by atoms with E-state index in [9.17, 15) is 9.59 Å². The molecule has 2 heterocycles. The fourth-order valence-corrected chi connectivity index (χ4v) is 2.95. The van der Waals surface area contributed by atoms with Crippen LogP contribution in [0.25, 0.3) is 0 Å². The van der Waals surface area contributed by atoms with Gasteiger partial charge >= 0.3 is 0 Å². The fraction of sp³-hybridized carbons (Fsp3) is 0.429. The summed E-state index contributed by atoms with van der Waals surface area (Å²) < 4.78 is 5.76. The number of benzene rings is 1. The Morgan fingerprint density at radius 2 is 1.77 bits per heavy atom. The van der Waals surface area contributed by atoms with E-state index in [2.05, 4.69) is 41.4 Å². The number of halogens is 1. The van der Waals surface area contributed by atoms with Gasteiger partial charge in [-0.15, -0.1) is 24.0 Å². The zero-order valence-corrected chi connectivity index (χ0v) is 20.0. The summed E-state index contributed by atoms with van der Waals surface area (Å²) in [6.07, 6.45) is 1.73. The SMILES string of the molecule is CCNC(=NCc1ncc(C(C)(C)C)o1)NCCN1C(=O)c2ccccc2C1=O.I. The maximum absolute atomic E-state index is 12.4. The van der Waals surface area contributed by atoms with Crippen LogP contribution in [0.4, 0.5) is 0 Å². The maximum atomic E-state index is 12.4. The Labute approximate surface area is 193 Å². The molecule has 0 saturated heterocycles. The van der Waals surface area contributed by atoms with E-state index in [0.29, 0.717) is 42.6 Å². The Balaban J connectivity index is 0.00000320. The van der Waals surface area contributed by atoms with Crippen LogP contribution < -0.4 is 10.6 Å². The minimum atomic E-state index is -0.260. The Bertz CT molecular complexity index is 898. The highest BCUT2D eigenvalue weighted by atomic mass is 127. The van der Waals surface area contributed by atoms with Crippen LogP contribution in [-0.4, -0.2) is 47.3 Å². The molecule has 2 aromatic rings. The molecule has 0 saturated carbocycles. The number of imide groups is 1. The molecule has 9 heteroatoms. The molecule has 0 spiro atoms. The standard InChI is InChI=1S/C21H27N5O3.HI/c1-5-22-20(25-13-17-24-12-16(29-17)21(2,3)4)23-10-11-26-18(27)14-8-6-7-9-15(14)19(26)28;/h6-9,12H,5,10-11,13H2,1-4H3,(H2,22,23,25);1H. The number of carbonyl (C=O) groups excluding carboxylic acids is 2. The molecule has 30 heavy (non-hydrogen) atoms. The molecule has 3 rings (SSSR count). The Morgan fingerprint density at radius 1 is 1.13 bits per heavy atom. The summed E-state index contributed by atoms with van der Waals surface area (Å²) in [4.78, 5) is 34.8. The highest BCUT2D eigenvalue weighted by molar-refractivity contribution is 14.0. The van der Waals surface area contributed by atoms with E-state index in [4.69, 9.17) is 4.42 Å². The second-order valence-electron chi connectivity index (χ2n) is 7.80. The summed E-state index contributed by atoms with van der Waals surface area (Å²) in [5.41, 5.74) is 0.803. The van der Waals surface area contributed by atoms with E-state index >= 15 is 0 Å².